The highest BCUT2D eigenvalue weighted by Gasteiger charge is 2.21. The Morgan fingerprint density at radius 1 is 1.57 bits per heavy atom. The normalized spacial score (nSPS) is 13.0. The van der Waals surface area contributed by atoms with Crippen molar-refractivity contribution in [2.24, 2.45) is 0 Å². The molecule has 0 radical (unpaired) electrons. The molecule has 0 bridgehead atoms. The second kappa shape index (κ2) is 9.22. The predicted molar refractivity (Wildman–Crippen MR) is 87.0 cm³/mol. The molecule has 8 heteroatoms. The molecule has 0 aromatic carbocycles. The van der Waals surface area contributed by atoms with E-state index in [2.05, 4.69) is 5.32 Å². The molecule has 1 aromatic heterocycles. The van der Waals surface area contributed by atoms with Crippen LogP contribution in [0.2, 0.25) is 0 Å². The van der Waals surface area contributed by atoms with Crippen molar-refractivity contribution in [3.8, 4) is 6.07 Å². The molecule has 2 amide bonds. The molecule has 0 aliphatic heterocycles. The second-order valence-corrected chi connectivity index (χ2v) is 6.19. The number of carbonyl (C=O) groups excluding carboxylic acids is 2. The van der Waals surface area contributed by atoms with Crippen LogP contribution < -0.4 is 5.32 Å². The number of nitrogens with one attached hydrogen (secondary N) is 1. The molecule has 7 nitrogen and oxygen atoms in total. The summed E-state index contributed by atoms with van der Waals surface area (Å²) in [6.07, 6.45) is 2.49. The summed E-state index contributed by atoms with van der Waals surface area (Å²) >= 11 is 1.56. The maximum Gasteiger partial charge on any atom is 0.254 e. The van der Waals surface area contributed by atoms with Crippen molar-refractivity contribution < 1.29 is 19.1 Å². The van der Waals surface area contributed by atoms with Gasteiger partial charge in [0, 0.05) is 25.7 Å². The number of carbonyl (C=O) groups is 2. The van der Waals surface area contributed by atoms with Crippen LogP contribution in [-0.4, -0.2) is 59.6 Å². The highest BCUT2D eigenvalue weighted by atomic mass is 32.2. The summed E-state index contributed by atoms with van der Waals surface area (Å²) in [5.41, 5.74) is 0.252. The Kier molecular flexibility index (Phi) is 7.65. The fourth-order valence-electron chi connectivity index (χ4n) is 1.97. The lowest BCUT2D eigenvalue weighted by atomic mass is 10.2. The zero-order chi connectivity index (χ0) is 17.4. The van der Waals surface area contributed by atoms with Crippen molar-refractivity contribution in [2.75, 3.05) is 25.6 Å². The van der Waals surface area contributed by atoms with Gasteiger partial charge in [0.05, 0.1) is 5.56 Å². The highest BCUT2D eigenvalue weighted by molar-refractivity contribution is 7.98. The maximum atomic E-state index is 12.0. The Labute approximate surface area is 139 Å². The van der Waals surface area contributed by atoms with E-state index < -0.39 is 6.10 Å². The zero-order valence-corrected chi connectivity index (χ0v) is 14.2. The predicted octanol–water partition coefficient (Wildman–Crippen LogP) is 0.842. The van der Waals surface area contributed by atoms with Crippen LogP contribution in [0.5, 0.6) is 0 Å². The van der Waals surface area contributed by atoms with Gasteiger partial charge in [-0.1, -0.05) is 0 Å². The number of hydrogen-bond donors (Lipinski definition) is 2. The number of furan rings is 1. The van der Waals surface area contributed by atoms with Gasteiger partial charge >= 0.3 is 0 Å². The summed E-state index contributed by atoms with van der Waals surface area (Å²) in [6.45, 7) is 2.02. The van der Waals surface area contributed by atoms with E-state index in [9.17, 15) is 14.7 Å². The van der Waals surface area contributed by atoms with Gasteiger partial charge in [-0.25, -0.2) is 0 Å². The third kappa shape index (κ3) is 5.96. The molecule has 1 heterocycles. The molecule has 1 unspecified atom stereocenters. The lowest BCUT2D eigenvalue weighted by Crippen LogP contribution is -2.45. The Morgan fingerprint density at radius 3 is 2.83 bits per heavy atom. The molecule has 2 N–H and O–H groups in total. The summed E-state index contributed by atoms with van der Waals surface area (Å²) in [4.78, 5) is 25.4. The number of rotatable bonds is 8. The molecule has 0 saturated carbocycles. The third-order valence-corrected chi connectivity index (χ3v) is 3.80. The first-order valence-corrected chi connectivity index (χ1v) is 8.49. The maximum absolute atomic E-state index is 12.0. The number of nitrogens with zero attached hydrogens (tertiary/aromatic N) is 2. The van der Waals surface area contributed by atoms with E-state index in [0.717, 1.165) is 0 Å². The monoisotopic (exact) mass is 339 g/mol. The summed E-state index contributed by atoms with van der Waals surface area (Å²) in [5, 5.41) is 21.2. The van der Waals surface area contributed by atoms with Crippen LogP contribution in [0.1, 0.15) is 29.5 Å². The number of nitriles is 1. The number of aliphatic hydroxyl groups excluding tert-OH is 1. The van der Waals surface area contributed by atoms with E-state index in [1.54, 1.807) is 31.8 Å². The minimum atomic E-state index is -1.03. The first-order valence-electron chi connectivity index (χ1n) is 7.10. The molecule has 23 heavy (non-hydrogen) atoms. The van der Waals surface area contributed by atoms with E-state index in [1.807, 2.05) is 6.26 Å². The summed E-state index contributed by atoms with van der Waals surface area (Å²) in [6, 6.07) is 2.84. The second-order valence-electron chi connectivity index (χ2n) is 5.20. The van der Waals surface area contributed by atoms with Crippen LogP contribution in [0.4, 0.5) is 0 Å². The first kappa shape index (κ1) is 19.1. The molecule has 0 saturated heterocycles. The minimum absolute atomic E-state index is 0.0621. The first-order chi connectivity index (χ1) is 10.9. The van der Waals surface area contributed by atoms with Gasteiger partial charge in [0.2, 0.25) is 5.76 Å². The van der Waals surface area contributed by atoms with Crippen molar-refractivity contribution in [1.29, 1.82) is 5.26 Å². The van der Waals surface area contributed by atoms with Crippen LogP contribution in [0.15, 0.2) is 16.7 Å². The molecule has 1 aromatic rings. The molecule has 0 fully saturated rings. The number of likely N-dealkylation sites (N-methyl/N-ethyl adjacent to an activating group) is 1. The molecule has 0 aliphatic rings. The van der Waals surface area contributed by atoms with Gasteiger partial charge in [-0.05, 0) is 25.4 Å². The number of thioether (sulfide) groups is 1. The van der Waals surface area contributed by atoms with Crippen LogP contribution in [-0.2, 0) is 4.79 Å². The number of hydrogen-bond acceptors (Lipinski definition) is 6. The minimum Gasteiger partial charge on any atom is -0.453 e. The third-order valence-electron chi connectivity index (χ3n) is 3.15. The Bertz CT molecular complexity index is 582. The fourth-order valence-corrected chi connectivity index (χ4v) is 2.43. The van der Waals surface area contributed by atoms with Gasteiger partial charge in [-0.2, -0.15) is 17.0 Å². The number of amides is 2. The largest absolute Gasteiger partial charge is 0.453 e. The van der Waals surface area contributed by atoms with E-state index in [0.29, 0.717) is 12.2 Å². The molecular weight excluding hydrogens is 318 g/mol. The molecule has 126 valence electrons. The van der Waals surface area contributed by atoms with E-state index in [4.69, 9.17) is 9.68 Å². The number of aliphatic hydroxyl groups is 1. The molecule has 1 rings (SSSR count). The van der Waals surface area contributed by atoms with Crippen LogP contribution >= 0.6 is 11.8 Å². The van der Waals surface area contributed by atoms with Crippen molar-refractivity contribution in [3.05, 3.63) is 23.7 Å². The Hall–Kier alpha value is -1.98. The highest BCUT2D eigenvalue weighted by Crippen LogP contribution is 2.07. The average molecular weight is 339 g/mol. The van der Waals surface area contributed by atoms with Gasteiger partial charge in [-0.3, -0.25) is 9.59 Å². The topological polar surface area (TPSA) is 107 Å². The van der Waals surface area contributed by atoms with Crippen LogP contribution in [0.3, 0.4) is 0 Å². The van der Waals surface area contributed by atoms with Gasteiger partial charge in [0.25, 0.3) is 11.8 Å². The van der Waals surface area contributed by atoms with E-state index >= 15 is 0 Å². The molecule has 0 spiro atoms. The summed E-state index contributed by atoms with van der Waals surface area (Å²) in [7, 11) is 1.58. The van der Waals surface area contributed by atoms with Gasteiger partial charge in [-0.15, -0.1) is 0 Å². The van der Waals surface area contributed by atoms with Gasteiger partial charge in [0.1, 0.15) is 18.4 Å². The summed E-state index contributed by atoms with van der Waals surface area (Å²) in [5.74, 6) is 0.0168. The zero-order valence-electron chi connectivity index (χ0n) is 13.4. The molecule has 0 aliphatic carbocycles. The Morgan fingerprint density at radius 2 is 2.26 bits per heavy atom. The lowest BCUT2D eigenvalue weighted by Gasteiger charge is -2.24. The van der Waals surface area contributed by atoms with Crippen molar-refractivity contribution in [1.82, 2.24) is 10.2 Å². The van der Waals surface area contributed by atoms with Crippen molar-refractivity contribution in [2.45, 2.75) is 25.5 Å². The molecular formula is C15H21N3O4S. The summed E-state index contributed by atoms with van der Waals surface area (Å²) < 4.78 is 4.88. The standard InChI is InChI=1S/C15H21N3O4S/c1-10(8-18(2)15(21)13(19)4-5-23-3)17-14(20)11-6-12(7-16)22-9-11/h6,9-10,13,19H,4-5,8H2,1-3H3,(H,17,20)/t10-,13?/m0/s1. The van der Waals surface area contributed by atoms with Crippen LogP contribution in [0.25, 0.3) is 0 Å². The lowest BCUT2D eigenvalue weighted by molar-refractivity contribution is -0.139. The van der Waals surface area contributed by atoms with Crippen molar-refractivity contribution >= 4 is 23.6 Å². The van der Waals surface area contributed by atoms with Gasteiger partial charge < -0.3 is 19.7 Å². The molecule has 2 atom stereocenters. The van der Waals surface area contributed by atoms with Crippen LogP contribution in [0, 0.1) is 11.3 Å². The van der Waals surface area contributed by atoms with Crippen molar-refractivity contribution in [3.63, 3.8) is 0 Å². The van der Waals surface area contributed by atoms with E-state index in [1.165, 1.54) is 17.2 Å². The quantitative estimate of drug-likeness (QED) is 0.727. The van der Waals surface area contributed by atoms with Gasteiger partial charge in [0.15, 0.2) is 0 Å². The fraction of sp³-hybridized carbons (Fsp3) is 0.533. The Balaban J connectivity index is 2.48. The SMILES string of the molecule is CSCCC(O)C(=O)N(C)C[C@H](C)NC(=O)c1coc(C#N)c1. The smallest absolute Gasteiger partial charge is 0.254 e. The average Bonchev–Trinajstić information content (AvgIpc) is 3.00. The van der Waals surface area contributed by atoms with E-state index in [-0.39, 0.29) is 35.7 Å².